The predicted molar refractivity (Wildman–Crippen MR) is 104 cm³/mol. The van der Waals surface area contributed by atoms with Crippen LogP contribution in [0.15, 0.2) is 46.7 Å². The van der Waals surface area contributed by atoms with Gasteiger partial charge in [-0.3, -0.25) is 24.5 Å². The molecule has 0 aliphatic carbocycles. The summed E-state index contributed by atoms with van der Waals surface area (Å²) >= 11 is 1.14. The van der Waals surface area contributed by atoms with Gasteiger partial charge in [0.1, 0.15) is 6.54 Å². The Labute approximate surface area is 171 Å². The van der Waals surface area contributed by atoms with Gasteiger partial charge in [0, 0.05) is 12.6 Å². The predicted octanol–water partition coefficient (Wildman–Crippen LogP) is 1.07. The van der Waals surface area contributed by atoms with Crippen molar-refractivity contribution >= 4 is 44.9 Å². The van der Waals surface area contributed by atoms with Gasteiger partial charge >= 0.3 is 5.97 Å². The Morgan fingerprint density at radius 2 is 1.76 bits per heavy atom. The summed E-state index contributed by atoms with van der Waals surface area (Å²) in [6.07, 6.45) is 0. The zero-order valence-electron chi connectivity index (χ0n) is 15.6. The summed E-state index contributed by atoms with van der Waals surface area (Å²) in [5.41, 5.74) is 0.356. The van der Waals surface area contributed by atoms with E-state index < -0.39 is 41.0 Å². The first-order valence-electron chi connectivity index (χ1n) is 8.22. The second-order valence-electron chi connectivity index (χ2n) is 5.86. The number of hydrogen-bond donors (Lipinski definition) is 1. The van der Waals surface area contributed by atoms with Crippen LogP contribution in [0.25, 0.3) is 0 Å². The molecule has 154 valence electrons. The van der Waals surface area contributed by atoms with E-state index in [-0.39, 0.29) is 10.7 Å². The summed E-state index contributed by atoms with van der Waals surface area (Å²) in [5, 5.41) is 3.73. The monoisotopic (exact) mass is 438 g/mol. The molecule has 0 bridgehead atoms. The van der Waals surface area contributed by atoms with Gasteiger partial charge < -0.3 is 4.74 Å². The van der Waals surface area contributed by atoms with E-state index in [0.717, 1.165) is 15.6 Å². The summed E-state index contributed by atoms with van der Waals surface area (Å²) in [6.45, 7) is -0.00409. The topological polar surface area (TPSA) is 127 Å². The number of ether oxygens (including phenoxy) is 1. The third-order valence-electron chi connectivity index (χ3n) is 3.68. The van der Waals surface area contributed by atoms with Crippen molar-refractivity contribution in [1.82, 2.24) is 9.62 Å². The molecule has 29 heavy (non-hydrogen) atoms. The average molecular weight is 438 g/mol. The van der Waals surface area contributed by atoms with Gasteiger partial charge in [0.2, 0.25) is 10.0 Å². The standard InChI is InChI=1S/C18H18N2O7S2/c1-12(21)13-5-7-14(8-6-13)29(25,26)20(2)10-17(23)27-11-16(22)19-18(24)15-4-3-9-28-15/h3-9H,10-11H2,1-2H3,(H,19,22,24). The first-order valence-corrected chi connectivity index (χ1v) is 10.5. The van der Waals surface area contributed by atoms with Crippen LogP contribution in [0.1, 0.15) is 27.0 Å². The number of thiophene rings is 1. The van der Waals surface area contributed by atoms with Gasteiger partial charge in [-0.15, -0.1) is 11.3 Å². The quantitative estimate of drug-likeness (QED) is 0.482. The number of esters is 1. The molecule has 0 atom stereocenters. The second kappa shape index (κ2) is 9.54. The molecule has 1 N–H and O–H groups in total. The largest absolute Gasteiger partial charge is 0.455 e. The van der Waals surface area contributed by atoms with Crippen molar-refractivity contribution < 1.29 is 32.3 Å². The van der Waals surface area contributed by atoms with Crippen LogP contribution in [-0.2, 0) is 24.3 Å². The number of ketones is 1. The lowest BCUT2D eigenvalue weighted by Crippen LogP contribution is -2.37. The third-order valence-corrected chi connectivity index (χ3v) is 6.37. The van der Waals surface area contributed by atoms with E-state index in [0.29, 0.717) is 10.4 Å². The van der Waals surface area contributed by atoms with Crippen LogP contribution in [-0.4, -0.2) is 56.5 Å². The molecular weight excluding hydrogens is 420 g/mol. The maximum absolute atomic E-state index is 12.5. The molecule has 0 saturated carbocycles. The van der Waals surface area contributed by atoms with Gasteiger partial charge in [0.05, 0.1) is 9.77 Å². The Morgan fingerprint density at radius 3 is 2.31 bits per heavy atom. The van der Waals surface area contributed by atoms with Crippen molar-refractivity contribution in [3.8, 4) is 0 Å². The van der Waals surface area contributed by atoms with Gasteiger partial charge in [-0.1, -0.05) is 18.2 Å². The summed E-state index contributed by atoms with van der Waals surface area (Å²) in [4.78, 5) is 46.8. The van der Waals surface area contributed by atoms with E-state index in [9.17, 15) is 27.6 Å². The number of hydrogen-bond acceptors (Lipinski definition) is 8. The van der Waals surface area contributed by atoms with Crippen molar-refractivity contribution in [3.05, 3.63) is 52.2 Å². The molecular formula is C18H18N2O7S2. The Balaban J connectivity index is 1.88. The molecule has 0 unspecified atom stereocenters. The van der Waals surface area contributed by atoms with Crippen molar-refractivity contribution in [2.45, 2.75) is 11.8 Å². The fraction of sp³-hybridized carbons (Fsp3) is 0.222. The van der Waals surface area contributed by atoms with E-state index in [4.69, 9.17) is 4.74 Å². The van der Waals surface area contributed by atoms with Gasteiger partial charge in [-0.2, -0.15) is 4.31 Å². The maximum Gasteiger partial charge on any atom is 0.321 e. The number of nitrogens with one attached hydrogen (secondary N) is 1. The number of Topliss-reactive ketones (excluding diaryl/α,β-unsaturated/α-hetero) is 1. The minimum absolute atomic E-state index is 0.0999. The Morgan fingerprint density at radius 1 is 1.10 bits per heavy atom. The maximum atomic E-state index is 12.5. The number of amides is 2. The number of imide groups is 1. The molecule has 9 nitrogen and oxygen atoms in total. The van der Waals surface area contributed by atoms with Crippen LogP contribution in [0.2, 0.25) is 0 Å². The van der Waals surface area contributed by atoms with E-state index in [1.165, 1.54) is 44.3 Å². The fourth-order valence-electron chi connectivity index (χ4n) is 2.13. The summed E-state index contributed by atoms with van der Waals surface area (Å²) in [7, 11) is -2.82. The molecule has 0 spiro atoms. The van der Waals surface area contributed by atoms with Crippen molar-refractivity contribution in [3.63, 3.8) is 0 Å². The first-order chi connectivity index (χ1) is 13.6. The molecule has 2 aromatic rings. The van der Waals surface area contributed by atoms with E-state index in [1.807, 2.05) is 0 Å². The SMILES string of the molecule is CC(=O)c1ccc(S(=O)(=O)N(C)CC(=O)OCC(=O)NC(=O)c2cccs2)cc1. The lowest BCUT2D eigenvalue weighted by molar-refractivity contribution is -0.148. The van der Waals surface area contributed by atoms with E-state index in [2.05, 4.69) is 5.32 Å². The van der Waals surface area contributed by atoms with Crippen molar-refractivity contribution in [2.24, 2.45) is 0 Å². The van der Waals surface area contributed by atoms with Crippen LogP contribution in [0.4, 0.5) is 0 Å². The van der Waals surface area contributed by atoms with Crippen molar-refractivity contribution in [1.29, 1.82) is 0 Å². The number of benzene rings is 1. The average Bonchev–Trinajstić information content (AvgIpc) is 3.21. The smallest absolute Gasteiger partial charge is 0.321 e. The summed E-state index contributed by atoms with van der Waals surface area (Å²) in [5.74, 6) is -2.62. The molecule has 11 heteroatoms. The van der Waals surface area contributed by atoms with Gasteiger partial charge in [-0.05, 0) is 30.5 Å². The molecule has 0 aliphatic heterocycles. The van der Waals surface area contributed by atoms with Gasteiger partial charge in [-0.25, -0.2) is 8.42 Å². The number of carbonyl (C=O) groups excluding carboxylic acids is 4. The Kier molecular flexibility index (Phi) is 7.37. The molecule has 1 aromatic heterocycles. The summed E-state index contributed by atoms with van der Waals surface area (Å²) < 4.78 is 30.4. The van der Waals surface area contributed by atoms with Crippen LogP contribution < -0.4 is 5.32 Å². The normalized spacial score (nSPS) is 11.1. The van der Waals surface area contributed by atoms with Crippen LogP contribution in [0, 0.1) is 0 Å². The third kappa shape index (κ3) is 6.04. The molecule has 1 aromatic carbocycles. The number of likely N-dealkylation sites (N-methyl/N-ethyl adjacent to an activating group) is 1. The number of nitrogens with zero attached hydrogens (tertiary/aromatic N) is 1. The zero-order chi connectivity index (χ0) is 21.6. The molecule has 0 fully saturated rings. The van der Waals surface area contributed by atoms with Crippen LogP contribution in [0.3, 0.4) is 0 Å². The highest BCUT2D eigenvalue weighted by Gasteiger charge is 2.24. The molecule has 0 radical (unpaired) electrons. The second-order valence-corrected chi connectivity index (χ2v) is 8.85. The molecule has 2 amide bonds. The Bertz CT molecular complexity index is 1010. The van der Waals surface area contributed by atoms with Crippen LogP contribution in [0.5, 0.6) is 0 Å². The fourth-order valence-corrected chi connectivity index (χ4v) is 3.87. The van der Waals surface area contributed by atoms with Gasteiger partial charge in [0.15, 0.2) is 12.4 Å². The lowest BCUT2D eigenvalue weighted by Gasteiger charge is -2.16. The zero-order valence-corrected chi connectivity index (χ0v) is 17.2. The minimum atomic E-state index is -4.00. The van der Waals surface area contributed by atoms with Crippen molar-refractivity contribution in [2.75, 3.05) is 20.2 Å². The highest BCUT2D eigenvalue weighted by atomic mass is 32.2. The number of sulfonamides is 1. The highest BCUT2D eigenvalue weighted by Crippen LogP contribution is 2.15. The molecule has 0 saturated heterocycles. The summed E-state index contributed by atoms with van der Waals surface area (Å²) in [6, 6.07) is 8.44. The molecule has 1 heterocycles. The first kappa shape index (κ1) is 22.4. The highest BCUT2D eigenvalue weighted by molar-refractivity contribution is 7.89. The van der Waals surface area contributed by atoms with E-state index in [1.54, 1.807) is 11.4 Å². The number of rotatable bonds is 8. The lowest BCUT2D eigenvalue weighted by atomic mass is 10.2. The van der Waals surface area contributed by atoms with Crippen LogP contribution >= 0.6 is 11.3 Å². The molecule has 2 rings (SSSR count). The molecule has 0 aliphatic rings. The van der Waals surface area contributed by atoms with E-state index >= 15 is 0 Å². The van der Waals surface area contributed by atoms with Gasteiger partial charge in [0.25, 0.3) is 11.8 Å². The minimum Gasteiger partial charge on any atom is -0.455 e. The Hall–Kier alpha value is -2.89. The number of carbonyl (C=O) groups is 4.